The standard InChI is InChI=1S/C49H44N2/c1-48(2)40-24-14-13-23-36(40)38-31-43-39(30-41(38)48)37-26-25-35(29-42(37)49(43)27-15-6-16-28-49)47-46(34-21-11-5-12-22-34)50-44(32-17-7-3-8-18-32)45(51-47)33-19-9-4-10-20-33/h3-5,7-14,17-26,29-31,38,41,44,50H,6,15-16,27-28H2,1-2H3. The molecular formula is C49H44N2. The van der Waals surface area contributed by atoms with Gasteiger partial charge in [0.25, 0.3) is 0 Å². The fourth-order valence-electron chi connectivity index (χ4n) is 10.3. The van der Waals surface area contributed by atoms with Gasteiger partial charge in [0.15, 0.2) is 0 Å². The van der Waals surface area contributed by atoms with Gasteiger partial charge in [-0.3, -0.25) is 0 Å². The molecule has 0 bridgehead atoms. The fourth-order valence-corrected chi connectivity index (χ4v) is 10.3. The maximum Gasteiger partial charge on any atom is 0.0947 e. The Hall–Kier alpha value is -5.21. The molecular weight excluding hydrogens is 617 g/mol. The Balaban J connectivity index is 1.17. The second-order valence-electron chi connectivity index (χ2n) is 15.9. The lowest BCUT2D eigenvalue weighted by molar-refractivity contribution is 0.345. The molecule has 1 aliphatic heterocycles. The zero-order valence-corrected chi connectivity index (χ0v) is 29.6. The number of nitrogens with zero attached hydrogens (tertiary/aromatic N) is 1. The van der Waals surface area contributed by atoms with Gasteiger partial charge in [0.2, 0.25) is 0 Å². The molecule has 4 aliphatic carbocycles. The molecule has 5 aromatic carbocycles. The lowest BCUT2D eigenvalue weighted by atomic mass is 9.64. The summed E-state index contributed by atoms with van der Waals surface area (Å²) in [5.41, 5.74) is 17.1. The predicted octanol–water partition coefficient (Wildman–Crippen LogP) is 11.6. The van der Waals surface area contributed by atoms with Crippen molar-refractivity contribution in [3.05, 3.63) is 196 Å². The smallest absolute Gasteiger partial charge is 0.0947 e. The number of allylic oxidation sites excluding steroid dienone is 4. The van der Waals surface area contributed by atoms with Crippen LogP contribution in [0.3, 0.4) is 0 Å². The zero-order chi connectivity index (χ0) is 34.2. The number of rotatable bonds is 4. The molecule has 0 saturated heterocycles. The molecule has 250 valence electrons. The van der Waals surface area contributed by atoms with E-state index in [0.29, 0.717) is 11.8 Å². The van der Waals surface area contributed by atoms with Crippen LogP contribution in [0.2, 0.25) is 0 Å². The normalized spacial score (nSPS) is 23.6. The van der Waals surface area contributed by atoms with Crippen molar-refractivity contribution in [1.82, 2.24) is 5.32 Å². The Morgan fingerprint density at radius 2 is 1.29 bits per heavy atom. The van der Waals surface area contributed by atoms with Crippen LogP contribution in [0.5, 0.6) is 0 Å². The maximum atomic E-state index is 5.68. The van der Waals surface area contributed by atoms with E-state index >= 15 is 0 Å². The van der Waals surface area contributed by atoms with Crippen LogP contribution in [0.4, 0.5) is 0 Å². The van der Waals surface area contributed by atoms with Crippen molar-refractivity contribution < 1.29 is 0 Å². The number of hydrogen-bond donors (Lipinski definition) is 1. The molecule has 0 amide bonds. The van der Waals surface area contributed by atoms with Crippen LogP contribution in [0.1, 0.15) is 102 Å². The highest BCUT2D eigenvalue weighted by atomic mass is 15.0. The molecule has 51 heavy (non-hydrogen) atoms. The van der Waals surface area contributed by atoms with E-state index in [9.17, 15) is 0 Å². The predicted molar refractivity (Wildman–Crippen MR) is 212 cm³/mol. The lowest BCUT2D eigenvalue weighted by Gasteiger charge is -2.39. The van der Waals surface area contributed by atoms with Crippen molar-refractivity contribution >= 4 is 22.7 Å². The molecule has 5 aromatic rings. The van der Waals surface area contributed by atoms with Crippen molar-refractivity contribution in [2.24, 2.45) is 10.9 Å². The summed E-state index contributed by atoms with van der Waals surface area (Å²) < 4.78 is 0. The van der Waals surface area contributed by atoms with Gasteiger partial charge in [0, 0.05) is 16.9 Å². The van der Waals surface area contributed by atoms with Crippen molar-refractivity contribution in [1.29, 1.82) is 0 Å². The number of hydrogen-bond acceptors (Lipinski definition) is 2. The molecule has 1 spiro atoms. The van der Waals surface area contributed by atoms with E-state index in [0.717, 1.165) is 28.2 Å². The summed E-state index contributed by atoms with van der Waals surface area (Å²) in [5, 5.41) is 4.04. The van der Waals surface area contributed by atoms with Gasteiger partial charge in [-0.1, -0.05) is 173 Å². The lowest BCUT2D eigenvalue weighted by Crippen LogP contribution is -2.32. The summed E-state index contributed by atoms with van der Waals surface area (Å²) in [6.45, 7) is 4.92. The Bertz CT molecular complexity index is 2280. The third-order valence-corrected chi connectivity index (χ3v) is 12.8. The molecule has 0 radical (unpaired) electrons. The van der Waals surface area contributed by atoms with Crippen LogP contribution in [-0.2, 0) is 10.8 Å². The van der Waals surface area contributed by atoms with Crippen LogP contribution in [0, 0.1) is 5.92 Å². The first-order valence-corrected chi connectivity index (χ1v) is 19.0. The summed E-state index contributed by atoms with van der Waals surface area (Å²) in [4.78, 5) is 5.68. The van der Waals surface area contributed by atoms with Crippen LogP contribution in [-0.4, -0.2) is 5.71 Å². The second-order valence-corrected chi connectivity index (χ2v) is 15.9. The highest BCUT2D eigenvalue weighted by Crippen LogP contribution is 2.63. The first-order valence-electron chi connectivity index (χ1n) is 19.0. The van der Waals surface area contributed by atoms with Crippen LogP contribution < -0.4 is 5.32 Å². The van der Waals surface area contributed by atoms with E-state index in [1.54, 1.807) is 5.57 Å². The van der Waals surface area contributed by atoms with Crippen molar-refractivity contribution in [3.8, 4) is 0 Å². The number of benzene rings is 5. The molecule has 2 heteroatoms. The Labute approximate surface area is 302 Å². The van der Waals surface area contributed by atoms with Gasteiger partial charge in [-0.05, 0) is 80.3 Å². The number of aliphatic imine (C=N–C) groups is 1. The summed E-state index contributed by atoms with van der Waals surface area (Å²) in [7, 11) is 0. The van der Waals surface area contributed by atoms with Gasteiger partial charge >= 0.3 is 0 Å². The van der Waals surface area contributed by atoms with Gasteiger partial charge in [-0.15, -0.1) is 0 Å². The number of fused-ring (bicyclic) bond motifs is 8. The van der Waals surface area contributed by atoms with Crippen molar-refractivity contribution in [3.63, 3.8) is 0 Å². The van der Waals surface area contributed by atoms with Crippen molar-refractivity contribution in [2.75, 3.05) is 0 Å². The van der Waals surface area contributed by atoms with E-state index in [1.807, 2.05) is 0 Å². The Kier molecular flexibility index (Phi) is 7.00. The minimum atomic E-state index is -0.0736. The summed E-state index contributed by atoms with van der Waals surface area (Å²) >= 11 is 0. The first-order chi connectivity index (χ1) is 25.0. The first kappa shape index (κ1) is 30.6. The second kappa shape index (κ2) is 11.7. The minimum absolute atomic E-state index is 0.0518. The minimum Gasteiger partial charge on any atom is -0.370 e. The molecule has 3 atom stereocenters. The average Bonchev–Trinajstić information content (AvgIpc) is 3.58. The summed E-state index contributed by atoms with van der Waals surface area (Å²) in [6.07, 6.45) is 11.7. The average molecular weight is 661 g/mol. The Morgan fingerprint density at radius 1 is 0.627 bits per heavy atom. The molecule has 10 rings (SSSR count). The van der Waals surface area contributed by atoms with Crippen LogP contribution >= 0.6 is 0 Å². The molecule has 3 unspecified atom stereocenters. The van der Waals surface area contributed by atoms with E-state index in [-0.39, 0.29) is 16.9 Å². The monoisotopic (exact) mass is 660 g/mol. The Morgan fingerprint density at radius 3 is 2.04 bits per heavy atom. The quantitative estimate of drug-likeness (QED) is 0.204. The fraction of sp³-hybridized carbons (Fsp3) is 0.245. The highest BCUT2D eigenvalue weighted by Gasteiger charge is 2.52. The van der Waals surface area contributed by atoms with Crippen LogP contribution in [0.15, 0.2) is 156 Å². The third-order valence-electron chi connectivity index (χ3n) is 12.8. The number of nitrogens with one attached hydrogen (secondary N) is 1. The van der Waals surface area contributed by atoms with Crippen molar-refractivity contribution in [2.45, 2.75) is 68.7 Å². The molecule has 1 saturated carbocycles. The summed E-state index contributed by atoms with van der Waals surface area (Å²) in [5.74, 6) is 0.897. The van der Waals surface area contributed by atoms with E-state index in [2.05, 4.69) is 165 Å². The third kappa shape index (κ3) is 4.65. The molecule has 2 nitrogen and oxygen atoms in total. The van der Waals surface area contributed by atoms with Crippen LogP contribution in [0.25, 0.3) is 17.0 Å². The molecule has 1 fully saturated rings. The van der Waals surface area contributed by atoms with E-state index in [4.69, 9.17) is 4.99 Å². The molecule has 5 aliphatic rings. The zero-order valence-electron chi connectivity index (χ0n) is 29.6. The van der Waals surface area contributed by atoms with Gasteiger partial charge in [0.1, 0.15) is 0 Å². The SMILES string of the molecule is CC1(C)c2ccccc2C2C=C3C(=CC21)c1ccc(C2=C(c4ccccc4)NC(c4ccccc4)C(c4ccccc4)=N2)cc1C31CCCCC1. The van der Waals surface area contributed by atoms with E-state index in [1.165, 1.54) is 71.1 Å². The highest BCUT2D eigenvalue weighted by molar-refractivity contribution is 6.12. The topological polar surface area (TPSA) is 24.4 Å². The summed E-state index contributed by atoms with van der Waals surface area (Å²) in [6, 6.07) is 48.8. The van der Waals surface area contributed by atoms with Gasteiger partial charge < -0.3 is 5.32 Å². The maximum absolute atomic E-state index is 5.68. The molecule has 0 aromatic heterocycles. The van der Waals surface area contributed by atoms with Gasteiger partial charge in [-0.2, -0.15) is 0 Å². The van der Waals surface area contributed by atoms with Gasteiger partial charge in [-0.25, -0.2) is 4.99 Å². The molecule has 1 heterocycles. The molecule has 1 N–H and O–H groups in total. The van der Waals surface area contributed by atoms with E-state index < -0.39 is 0 Å². The largest absolute Gasteiger partial charge is 0.370 e. The van der Waals surface area contributed by atoms with Gasteiger partial charge in [0.05, 0.1) is 23.1 Å².